The first-order valence-electron chi connectivity index (χ1n) is 10.7. The van der Waals surface area contributed by atoms with E-state index in [-0.39, 0.29) is 6.03 Å². The maximum Gasteiger partial charge on any atom is 0.321 e. The number of carbonyl (C=O) groups is 1. The van der Waals surface area contributed by atoms with Gasteiger partial charge in [0.05, 0.1) is 17.1 Å². The predicted molar refractivity (Wildman–Crippen MR) is 117 cm³/mol. The van der Waals surface area contributed by atoms with Gasteiger partial charge in [0.25, 0.3) is 0 Å². The van der Waals surface area contributed by atoms with Gasteiger partial charge in [-0.2, -0.15) is 0 Å². The average Bonchev–Trinajstić information content (AvgIpc) is 3.30. The minimum Gasteiger partial charge on any atom is -0.370 e. The third-order valence-electron chi connectivity index (χ3n) is 6.17. The largest absolute Gasteiger partial charge is 0.370 e. The van der Waals surface area contributed by atoms with Crippen molar-refractivity contribution < 1.29 is 4.79 Å². The molecule has 0 atom stereocenters. The fraction of sp³-hybridized carbons (Fsp3) is 0.478. The third kappa shape index (κ3) is 4.88. The molecule has 1 saturated carbocycles. The summed E-state index contributed by atoms with van der Waals surface area (Å²) in [5.74, 6) is 0. The van der Waals surface area contributed by atoms with Gasteiger partial charge in [-0.3, -0.25) is 9.88 Å². The van der Waals surface area contributed by atoms with E-state index in [1.54, 1.807) is 0 Å². The van der Waals surface area contributed by atoms with Gasteiger partial charge in [-0.05, 0) is 37.1 Å². The highest BCUT2D eigenvalue weighted by molar-refractivity contribution is 5.93. The van der Waals surface area contributed by atoms with Crippen LogP contribution in [0.5, 0.6) is 0 Å². The molecule has 0 spiro atoms. The van der Waals surface area contributed by atoms with Crippen LogP contribution in [0, 0.1) is 0 Å². The lowest BCUT2D eigenvalue weighted by molar-refractivity contribution is 0.142. The van der Waals surface area contributed by atoms with E-state index in [9.17, 15) is 4.79 Å². The number of anilines is 2. The van der Waals surface area contributed by atoms with Crippen molar-refractivity contribution in [3.05, 3.63) is 54.4 Å². The average molecular weight is 394 g/mol. The summed E-state index contributed by atoms with van der Waals surface area (Å²) in [5, 5.41) is 3.16. The Bertz CT molecular complexity index is 798. The first-order valence-corrected chi connectivity index (χ1v) is 10.7. The molecule has 1 aromatic heterocycles. The predicted octanol–water partition coefficient (Wildman–Crippen LogP) is 3.81. The number of aromatic nitrogens is 1. The zero-order valence-corrected chi connectivity index (χ0v) is 17.3. The van der Waals surface area contributed by atoms with Crippen LogP contribution in [0.2, 0.25) is 0 Å². The lowest BCUT2D eigenvalue weighted by atomic mass is 10.1. The molecule has 2 aromatic rings. The van der Waals surface area contributed by atoms with Crippen molar-refractivity contribution in [2.45, 2.75) is 38.3 Å². The first-order chi connectivity index (χ1) is 14.2. The number of rotatable bonds is 5. The summed E-state index contributed by atoms with van der Waals surface area (Å²) < 4.78 is 0. The van der Waals surface area contributed by atoms with Crippen LogP contribution >= 0.6 is 0 Å². The summed E-state index contributed by atoms with van der Waals surface area (Å²) in [6, 6.07) is 14.7. The van der Waals surface area contributed by atoms with Crippen LogP contribution in [0.1, 0.15) is 31.4 Å². The molecule has 29 heavy (non-hydrogen) atoms. The van der Waals surface area contributed by atoms with Gasteiger partial charge >= 0.3 is 6.03 Å². The lowest BCUT2D eigenvalue weighted by Gasteiger charge is -2.35. The molecule has 0 radical (unpaired) electrons. The molecule has 6 heteroatoms. The molecule has 6 nitrogen and oxygen atoms in total. The van der Waals surface area contributed by atoms with E-state index in [0.717, 1.165) is 49.8 Å². The van der Waals surface area contributed by atoms with Crippen molar-refractivity contribution in [2.75, 3.05) is 43.4 Å². The Hall–Kier alpha value is -2.60. The first kappa shape index (κ1) is 19.7. The molecule has 0 bridgehead atoms. The minimum absolute atomic E-state index is 0.00485. The number of urea groups is 1. The highest BCUT2D eigenvalue weighted by Crippen LogP contribution is 2.32. The zero-order valence-electron chi connectivity index (χ0n) is 17.3. The van der Waals surface area contributed by atoms with E-state index in [4.69, 9.17) is 0 Å². The second kappa shape index (κ2) is 9.27. The zero-order chi connectivity index (χ0) is 20.1. The van der Waals surface area contributed by atoms with E-state index in [1.165, 1.54) is 25.7 Å². The Labute approximate surface area is 173 Å². The summed E-state index contributed by atoms with van der Waals surface area (Å²) in [6.07, 6.45) is 6.89. The van der Waals surface area contributed by atoms with Gasteiger partial charge in [0, 0.05) is 52.0 Å². The normalized spacial score (nSPS) is 18.0. The maximum absolute atomic E-state index is 12.9. The second-order valence-corrected chi connectivity index (χ2v) is 8.08. The maximum atomic E-state index is 12.9. The standard InChI is InChI=1S/C23H31N5O/c1-26(20-9-2-3-10-20)22-12-5-4-11-21(22)25-23(29)28-16-14-27(15-17-28)18-19-8-6-7-13-24-19/h4-8,11-13,20H,2-3,9-10,14-18H2,1H3,(H,25,29). The molecule has 0 unspecified atom stereocenters. The summed E-state index contributed by atoms with van der Waals surface area (Å²) in [4.78, 5) is 23.9. The van der Waals surface area contributed by atoms with Crippen LogP contribution in [0.15, 0.2) is 48.7 Å². The quantitative estimate of drug-likeness (QED) is 0.839. The number of para-hydroxylation sites is 2. The molecule has 1 aliphatic heterocycles. The number of piperazine rings is 1. The number of benzene rings is 1. The van der Waals surface area contributed by atoms with Crippen molar-refractivity contribution in [3.8, 4) is 0 Å². The highest BCUT2D eigenvalue weighted by Gasteiger charge is 2.24. The molecule has 154 valence electrons. The summed E-state index contributed by atoms with van der Waals surface area (Å²) in [6.45, 7) is 4.05. The number of hydrogen-bond donors (Lipinski definition) is 1. The molecule has 1 aliphatic carbocycles. The van der Waals surface area contributed by atoms with E-state index < -0.39 is 0 Å². The fourth-order valence-corrected chi connectivity index (χ4v) is 4.40. The van der Waals surface area contributed by atoms with Crippen molar-refractivity contribution >= 4 is 17.4 Å². The van der Waals surface area contributed by atoms with Crippen LogP contribution in [0.3, 0.4) is 0 Å². The topological polar surface area (TPSA) is 51.7 Å². The molecular weight excluding hydrogens is 362 g/mol. The summed E-state index contributed by atoms with van der Waals surface area (Å²) in [5.41, 5.74) is 3.10. The number of nitrogens with zero attached hydrogens (tertiary/aromatic N) is 4. The third-order valence-corrected chi connectivity index (χ3v) is 6.17. The van der Waals surface area contributed by atoms with Crippen molar-refractivity contribution in [1.29, 1.82) is 0 Å². The Balaban J connectivity index is 1.33. The van der Waals surface area contributed by atoms with Gasteiger partial charge in [0.15, 0.2) is 0 Å². The van der Waals surface area contributed by atoms with E-state index in [2.05, 4.69) is 39.3 Å². The van der Waals surface area contributed by atoms with Crippen LogP contribution in [0.4, 0.5) is 16.2 Å². The van der Waals surface area contributed by atoms with Gasteiger partial charge in [-0.25, -0.2) is 4.79 Å². The van der Waals surface area contributed by atoms with Crippen LogP contribution in [0.25, 0.3) is 0 Å². The van der Waals surface area contributed by atoms with Crippen LogP contribution in [-0.2, 0) is 6.54 Å². The van der Waals surface area contributed by atoms with Crippen LogP contribution in [-0.4, -0.2) is 60.1 Å². The van der Waals surface area contributed by atoms with Crippen molar-refractivity contribution in [3.63, 3.8) is 0 Å². The lowest BCUT2D eigenvalue weighted by Crippen LogP contribution is -2.49. The number of carbonyl (C=O) groups excluding carboxylic acids is 1. The summed E-state index contributed by atoms with van der Waals surface area (Å²) in [7, 11) is 2.15. The fourth-order valence-electron chi connectivity index (χ4n) is 4.40. The smallest absolute Gasteiger partial charge is 0.321 e. The Morgan fingerprint density at radius 3 is 2.52 bits per heavy atom. The number of nitrogens with one attached hydrogen (secondary N) is 1. The van der Waals surface area contributed by atoms with Crippen molar-refractivity contribution in [1.82, 2.24) is 14.8 Å². The van der Waals surface area contributed by atoms with E-state index in [1.807, 2.05) is 41.4 Å². The molecule has 1 saturated heterocycles. The Morgan fingerprint density at radius 2 is 1.79 bits per heavy atom. The summed E-state index contributed by atoms with van der Waals surface area (Å²) >= 11 is 0. The Kier molecular flexibility index (Phi) is 6.30. The molecule has 2 amide bonds. The molecule has 2 fully saturated rings. The molecular formula is C23H31N5O. The van der Waals surface area contributed by atoms with Gasteiger partial charge in [-0.15, -0.1) is 0 Å². The SMILES string of the molecule is CN(c1ccccc1NC(=O)N1CCN(Cc2ccccn2)CC1)C1CCCC1. The van der Waals surface area contributed by atoms with E-state index >= 15 is 0 Å². The minimum atomic E-state index is -0.00485. The van der Waals surface area contributed by atoms with Gasteiger partial charge < -0.3 is 15.1 Å². The van der Waals surface area contributed by atoms with E-state index in [0.29, 0.717) is 6.04 Å². The molecule has 1 N–H and O–H groups in total. The molecule has 2 aliphatic rings. The van der Waals surface area contributed by atoms with Gasteiger partial charge in [0.2, 0.25) is 0 Å². The molecule has 4 rings (SSSR count). The van der Waals surface area contributed by atoms with Gasteiger partial charge in [0.1, 0.15) is 0 Å². The number of pyridine rings is 1. The number of amides is 2. The molecule has 2 heterocycles. The monoisotopic (exact) mass is 393 g/mol. The highest BCUT2D eigenvalue weighted by atomic mass is 16.2. The van der Waals surface area contributed by atoms with Gasteiger partial charge in [-0.1, -0.05) is 31.0 Å². The molecule has 1 aromatic carbocycles. The number of hydrogen-bond acceptors (Lipinski definition) is 4. The van der Waals surface area contributed by atoms with Crippen LogP contribution < -0.4 is 10.2 Å². The second-order valence-electron chi connectivity index (χ2n) is 8.08. The Morgan fingerprint density at radius 1 is 1.07 bits per heavy atom. The van der Waals surface area contributed by atoms with Crippen molar-refractivity contribution in [2.24, 2.45) is 0 Å².